The topological polar surface area (TPSA) is 49.6 Å². The van der Waals surface area contributed by atoms with E-state index in [1.807, 2.05) is 72.2 Å². The molecule has 2 aromatic heterocycles. The van der Waals surface area contributed by atoms with Gasteiger partial charge in [0, 0.05) is 42.2 Å². The molecule has 0 aliphatic carbocycles. The van der Waals surface area contributed by atoms with Gasteiger partial charge in [-0.25, -0.2) is 4.98 Å². The van der Waals surface area contributed by atoms with Gasteiger partial charge < -0.3 is 14.6 Å². The number of anilines is 1. The minimum Gasteiger partial charge on any atom is -0.378 e. The number of carbonyl (C=O) groups excluding carboxylic acids is 1. The van der Waals surface area contributed by atoms with Gasteiger partial charge in [0.1, 0.15) is 5.65 Å². The van der Waals surface area contributed by atoms with E-state index in [1.165, 1.54) is 0 Å². The molecule has 1 amide bonds. The highest BCUT2D eigenvalue weighted by molar-refractivity contribution is 9.10. The third kappa shape index (κ3) is 3.53. The van der Waals surface area contributed by atoms with Crippen molar-refractivity contribution in [1.29, 1.82) is 0 Å². The minimum atomic E-state index is -0.105. The second-order valence-electron chi connectivity index (χ2n) is 5.47. The van der Waals surface area contributed by atoms with Crippen LogP contribution >= 0.6 is 15.9 Å². The number of rotatable bonds is 4. The monoisotopic (exact) mass is 372 g/mol. The first-order valence-electron chi connectivity index (χ1n) is 7.21. The predicted molar refractivity (Wildman–Crippen MR) is 94.8 cm³/mol. The Morgan fingerprint density at radius 3 is 2.87 bits per heavy atom. The highest BCUT2D eigenvalue weighted by atomic mass is 79.9. The molecule has 0 spiro atoms. The van der Waals surface area contributed by atoms with Gasteiger partial charge in [-0.1, -0.05) is 6.07 Å². The number of halogens is 1. The van der Waals surface area contributed by atoms with Crippen molar-refractivity contribution < 1.29 is 4.79 Å². The number of hydrogen-bond acceptors (Lipinski definition) is 3. The second kappa shape index (κ2) is 6.42. The van der Waals surface area contributed by atoms with Gasteiger partial charge in [-0.2, -0.15) is 0 Å². The fourth-order valence-electron chi connectivity index (χ4n) is 2.30. The van der Waals surface area contributed by atoms with E-state index in [2.05, 4.69) is 26.2 Å². The van der Waals surface area contributed by atoms with Crippen molar-refractivity contribution in [3.63, 3.8) is 0 Å². The number of amides is 1. The summed E-state index contributed by atoms with van der Waals surface area (Å²) in [6, 6.07) is 11.4. The first-order chi connectivity index (χ1) is 11.0. The maximum Gasteiger partial charge on any atom is 0.251 e. The molecular weight excluding hydrogens is 356 g/mol. The SMILES string of the molecule is CN(C)c1cccc(C(=O)NCc2cn3cc(Br)ccc3n2)c1. The minimum absolute atomic E-state index is 0.105. The zero-order valence-electron chi connectivity index (χ0n) is 13.0. The number of carbonyl (C=O) groups is 1. The van der Waals surface area contributed by atoms with Gasteiger partial charge in [0.25, 0.3) is 5.91 Å². The molecule has 6 heteroatoms. The summed E-state index contributed by atoms with van der Waals surface area (Å²) < 4.78 is 2.91. The van der Waals surface area contributed by atoms with Crippen molar-refractivity contribution in [1.82, 2.24) is 14.7 Å². The normalized spacial score (nSPS) is 10.7. The Balaban J connectivity index is 1.71. The number of nitrogens with zero attached hydrogens (tertiary/aromatic N) is 3. The number of fused-ring (bicyclic) bond motifs is 1. The van der Waals surface area contributed by atoms with Crippen LogP contribution in [0.1, 0.15) is 16.1 Å². The molecule has 0 unspecified atom stereocenters. The van der Waals surface area contributed by atoms with Gasteiger partial charge in [-0.15, -0.1) is 0 Å². The lowest BCUT2D eigenvalue weighted by Gasteiger charge is -2.13. The lowest BCUT2D eigenvalue weighted by atomic mass is 10.2. The molecule has 0 fully saturated rings. The zero-order valence-corrected chi connectivity index (χ0v) is 14.5. The molecule has 0 atom stereocenters. The molecular formula is C17H17BrN4O. The Hall–Kier alpha value is -2.34. The van der Waals surface area contributed by atoms with Crippen LogP contribution in [0.3, 0.4) is 0 Å². The summed E-state index contributed by atoms with van der Waals surface area (Å²) in [6.45, 7) is 0.393. The van der Waals surface area contributed by atoms with E-state index < -0.39 is 0 Å². The summed E-state index contributed by atoms with van der Waals surface area (Å²) in [5, 5.41) is 2.91. The Morgan fingerprint density at radius 2 is 2.09 bits per heavy atom. The van der Waals surface area contributed by atoms with E-state index in [9.17, 15) is 4.79 Å². The number of imidazole rings is 1. The van der Waals surface area contributed by atoms with Crippen molar-refractivity contribution in [3.05, 3.63) is 64.5 Å². The molecule has 3 aromatic rings. The van der Waals surface area contributed by atoms with Crippen molar-refractivity contribution in [2.24, 2.45) is 0 Å². The lowest BCUT2D eigenvalue weighted by Crippen LogP contribution is -2.23. The second-order valence-corrected chi connectivity index (χ2v) is 6.39. The van der Waals surface area contributed by atoms with E-state index in [0.717, 1.165) is 21.5 Å². The number of nitrogens with one attached hydrogen (secondary N) is 1. The standard InChI is InChI=1S/C17H17BrN4O/c1-21(2)15-5-3-4-12(8-15)17(23)19-9-14-11-22-10-13(18)6-7-16(22)20-14/h3-8,10-11H,9H2,1-2H3,(H,19,23). The number of pyridine rings is 1. The summed E-state index contributed by atoms with van der Waals surface area (Å²) in [7, 11) is 3.90. The summed E-state index contributed by atoms with van der Waals surface area (Å²) in [6.07, 6.45) is 3.85. The van der Waals surface area contributed by atoms with E-state index in [0.29, 0.717) is 12.1 Å². The van der Waals surface area contributed by atoms with Crippen LogP contribution in [0.2, 0.25) is 0 Å². The number of aromatic nitrogens is 2. The Morgan fingerprint density at radius 1 is 1.26 bits per heavy atom. The highest BCUT2D eigenvalue weighted by Crippen LogP contribution is 2.14. The van der Waals surface area contributed by atoms with E-state index in [4.69, 9.17) is 0 Å². The van der Waals surface area contributed by atoms with Gasteiger partial charge in [0.05, 0.1) is 12.2 Å². The third-order valence-corrected chi connectivity index (χ3v) is 3.99. The van der Waals surface area contributed by atoms with Gasteiger partial charge >= 0.3 is 0 Å². The van der Waals surface area contributed by atoms with Crippen LogP contribution in [0.15, 0.2) is 53.3 Å². The van der Waals surface area contributed by atoms with Crippen LogP contribution in [0.25, 0.3) is 5.65 Å². The molecule has 1 N–H and O–H groups in total. The highest BCUT2D eigenvalue weighted by Gasteiger charge is 2.08. The predicted octanol–water partition coefficient (Wildman–Crippen LogP) is 3.09. The molecule has 23 heavy (non-hydrogen) atoms. The quantitative estimate of drug-likeness (QED) is 0.765. The maximum atomic E-state index is 12.3. The van der Waals surface area contributed by atoms with Crippen LogP contribution in [0.4, 0.5) is 5.69 Å². The summed E-state index contributed by atoms with van der Waals surface area (Å²) in [4.78, 5) is 18.7. The van der Waals surface area contributed by atoms with Crippen LogP contribution in [0.5, 0.6) is 0 Å². The smallest absolute Gasteiger partial charge is 0.251 e. The van der Waals surface area contributed by atoms with E-state index in [1.54, 1.807) is 0 Å². The average Bonchev–Trinajstić information content (AvgIpc) is 2.94. The molecule has 3 rings (SSSR count). The van der Waals surface area contributed by atoms with E-state index >= 15 is 0 Å². The third-order valence-electron chi connectivity index (χ3n) is 3.52. The zero-order chi connectivity index (χ0) is 16.4. The molecule has 0 aliphatic heterocycles. The van der Waals surface area contributed by atoms with Gasteiger partial charge in [-0.3, -0.25) is 4.79 Å². The van der Waals surface area contributed by atoms with Gasteiger partial charge in [-0.05, 0) is 46.3 Å². The number of benzene rings is 1. The van der Waals surface area contributed by atoms with Crippen molar-refractivity contribution >= 4 is 33.2 Å². The number of hydrogen-bond donors (Lipinski definition) is 1. The molecule has 0 aliphatic rings. The van der Waals surface area contributed by atoms with Crippen LogP contribution in [-0.2, 0) is 6.54 Å². The first-order valence-corrected chi connectivity index (χ1v) is 8.01. The maximum absolute atomic E-state index is 12.3. The molecule has 5 nitrogen and oxygen atoms in total. The van der Waals surface area contributed by atoms with Crippen molar-refractivity contribution in [3.8, 4) is 0 Å². The molecule has 0 bridgehead atoms. The van der Waals surface area contributed by atoms with Crippen LogP contribution in [-0.4, -0.2) is 29.4 Å². The van der Waals surface area contributed by atoms with Crippen molar-refractivity contribution in [2.75, 3.05) is 19.0 Å². The van der Waals surface area contributed by atoms with E-state index in [-0.39, 0.29) is 5.91 Å². The van der Waals surface area contributed by atoms with Crippen LogP contribution in [0, 0.1) is 0 Å². The largest absolute Gasteiger partial charge is 0.378 e. The molecule has 0 saturated heterocycles. The fraction of sp³-hybridized carbons (Fsp3) is 0.176. The van der Waals surface area contributed by atoms with Gasteiger partial charge in [0.15, 0.2) is 0 Å². The average molecular weight is 373 g/mol. The molecule has 0 radical (unpaired) electrons. The summed E-state index contributed by atoms with van der Waals surface area (Å²) in [5.41, 5.74) is 3.31. The Bertz CT molecular complexity index is 857. The Kier molecular flexibility index (Phi) is 4.34. The molecule has 118 valence electrons. The summed E-state index contributed by atoms with van der Waals surface area (Å²) in [5.74, 6) is -0.105. The van der Waals surface area contributed by atoms with Crippen molar-refractivity contribution in [2.45, 2.75) is 6.54 Å². The van der Waals surface area contributed by atoms with Crippen LogP contribution < -0.4 is 10.2 Å². The van der Waals surface area contributed by atoms with Gasteiger partial charge in [0.2, 0.25) is 0 Å². The fourth-order valence-corrected chi connectivity index (χ4v) is 2.65. The molecule has 1 aromatic carbocycles. The lowest BCUT2D eigenvalue weighted by molar-refractivity contribution is 0.0950. The molecule has 2 heterocycles. The molecule has 0 saturated carbocycles. The Labute approximate surface area is 143 Å². The first kappa shape index (κ1) is 15.6. The summed E-state index contributed by atoms with van der Waals surface area (Å²) >= 11 is 3.43.